The monoisotopic (exact) mass is 400 g/mol. The van der Waals surface area contributed by atoms with Crippen molar-refractivity contribution < 1.29 is 19.1 Å². The molecule has 0 bridgehead atoms. The summed E-state index contributed by atoms with van der Waals surface area (Å²) in [5.41, 5.74) is -0.0590. The molecule has 0 aromatic carbocycles. The van der Waals surface area contributed by atoms with Gasteiger partial charge in [-0.2, -0.15) is 0 Å². The number of esters is 2. The molecule has 0 fully saturated rings. The Balaban J connectivity index is -0.0000000910. The zero-order valence-electron chi connectivity index (χ0n) is 19.9. The number of carbonyl (C=O) groups is 2. The van der Waals surface area contributed by atoms with Gasteiger partial charge in [0.15, 0.2) is 0 Å². The molecule has 28 heavy (non-hydrogen) atoms. The Kier molecular flexibility index (Phi) is 22.8. The van der Waals surface area contributed by atoms with Gasteiger partial charge in [-0.25, -0.2) is 9.59 Å². The van der Waals surface area contributed by atoms with Crippen molar-refractivity contribution in [2.24, 2.45) is 5.41 Å². The molecule has 0 saturated carbocycles. The highest BCUT2D eigenvalue weighted by atomic mass is 16.6. The van der Waals surface area contributed by atoms with E-state index in [4.69, 9.17) is 9.47 Å². The molecule has 0 unspecified atom stereocenters. The first-order valence-corrected chi connectivity index (χ1v) is 9.22. The molecule has 0 spiro atoms. The van der Waals surface area contributed by atoms with Crippen molar-refractivity contribution in [2.75, 3.05) is 0 Å². The summed E-state index contributed by atoms with van der Waals surface area (Å²) in [6.45, 7) is 33.3. The summed E-state index contributed by atoms with van der Waals surface area (Å²) in [5.74, 6) is -0.699. The lowest BCUT2D eigenvalue weighted by atomic mass is 9.98. The third-order valence-electron chi connectivity index (χ3n) is 1.93. The third kappa shape index (κ3) is 44.0. The summed E-state index contributed by atoms with van der Waals surface area (Å²) in [7, 11) is 0. The smallest absolute Gasteiger partial charge is 0.333 e. The molecule has 0 heterocycles. The van der Waals surface area contributed by atoms with Gasteiger partial charge in [0.2, 0.25) is 0 Å². The standard InChI is InChI=1S/C8H14O2.C7H12O2.C6H12.C2H6.CH4/c1-6(2)7(9)10-8(3,4)5;1-5-6(8)9-7(2,3)4;1-5-6(2,3)4;1-2;/h1H2,2-5H3;5H,1H2,2-4H3;5H,1H2,2-4H3;1-2H3;1H4. The highest BCUT2D eigenvalue weighted by Gasteiger charge is 2.16. The Labute approximate surface area is 176 Å². The lowest BCUT2D eigenvalue weighted by Gasteiger charge is -2.19. The summed E-state index contributed by atoms with van der Waals surface area (Å²) in [5, 5.41) is 0. The molecule has 4 heteroatoms. The lowest BCUT2D eigenvalue weighted by molar-refractivity contribution is -0.150. The van der Waals surface area contributed by atoms with E-state index >= 15 is 0 Å². The van der Waals surface area contributed by atoms with Crippen molar-refractivity contribution in [1.82, 2.24) is 0 Å². The van der Waals surface area contributed by atoms with Crippen LogP contribution in [0.5, 0.6) is 0 Å². The molecule has 0 aliphatic heterocycles. The Morgan fingerprint density at radius 1 is 0.786 bits per heavy atom. The van der Waals surface area contributed by atoms with Crippen molar-refractivity contribution in [3.63, 3.8) is 0 Å². The van der Waals surface area contributed by atoms with Gasteiger partial charge >= 0.3 is 11.9 Å². The van der Waals surface area contributed by atoms with Gasteiger partial charge < -0.3 is 9.47 Å². The fourth-order valence-electron chi connectivity index (χ4n) is 0.709. The van der Waals surface area contributed by atoms with Crippen LogP contribution in [0.25, 0.3) is 0 Å². The van der Waals surface area contributed by atoms with Crippen LogP contribution in [0.2, 0.25) is 0 Å². The van der Waals surface area contributed by atoms with Gasteiger partial charge in [0.1, 0.15) is 11.2 Å². The maximum absolute atomic E-state index is 10.8. The van der Waals surface area contributed by atoms with E-state index in [0.717, 1.165) is 6.08 Å². The van der Waals surface area contributed by atoms with Crippen LogP contribution in [0.4, 0.5) is 0 Å². The van der Waals surface area contributed by atoms with Crippen LogP contribution in [0.1, 0.15) is 90.5 Å². The number of carbonyl (C=O) groups excluding carboxylic acids is 2. The summed E-state index contributed by atoms with van der Waals surface area (Å²) in [6.07, 6.45) is 3.10. The highest BCUT2D eigenvalue weighted by Crippen LogP contribution is 2.12. The number of allylic oxidation sites excluding steroid dienone is 1. The van der Waals surface area contributed by atoms with Crippen LogP contribution < -0.4 is 0 Å². The first-order valence-electron chi connectivity index (χ1n) is 9.22. The predicted molar refractivity (Wildman–Crippen MR) is 124 cm³/mol. The fraction of sp³-hybridized carbons (Fsp3) is 0.667. The molecule has 0 aromatic heterocycles. The van der Waals surface area contributed by atoms with Crippen molar-refractivity contribution in [2.45, 2.75) is 102 Å². The maximum Gasteiger partial charge on any atom is 0.333 e. The average Bonchev–Trinajstić information content (AvgIpc) is 2.46. The minimum Gasteiger partial charge on any atom is -0.457 e. The molecule has 0 rings (SSSR count). The van der Waals surface area contributed by atoms with Crippen molar-refractivity contribution >= 4 is 11.9 Å². The lowest BCUT2D eigenvalue weighted by Crippen LogP contribution is -2.23. The van der Waals surface area contributed by atoms with Crippen LogP contribution in [0.3, 0.4) is 0 Å². The first kappa shape index (κ1) is 37.0. The summed E-state index contributed by atoms with van der Waals surface area (Å²) in [6, 6.07) is 0. The SMILES string of the molecule is C.C=C(C)C(=O)OC(C)(C)C.C=CC(=O)OC(C)(C)C.C=CC(C)(C)C.CC. The van der Waals surface area contributed by atoms with Gasteiger partial charge in [-0.1, -0.05) is 61.3 Å². The van der Waals surface area contributed by atoms with E-state index in [2.05, 4.69) is 40.5 Å². The molecule has 0 aliphatic rings. The summed E-state index contributed by atoms with van der Waals surface area (Å²) < 4.78 is 9.79. The van der Waals surface area contributed by atoms with Gasteiger partial charge in [-0.3, -0.25) is 0 Å². The molecule has 168 valence electrons. The van der Waals surface area contributed by atoms with Crippen molar-refractivity contribution in [1.29, 1.82) is 0 Å². The summed E-state index contributed by atoms with van der Waals surface area (Å²) >= 11 is 0. The quantitative estimate of drug-likeness (QED) is 0.277. The molecule has 0 radical (unpaired) electrons. The zero-order valence-corrected chi connectivity index (χ0v) is 19.9. The van der Waals surface area contributed by atoms with E-state index in [1.807, 2.05) is 61.5 Å². The van der Waals surface area contributed by atoms with Gasteiger partial charge in [-0.05, 0) is 53.9 Å². The minimum absolute atomic E-state index is 0. The number of rotatable bonds is 2. The van der Waals surface area contributed by atoms with E-state index < -0.39 is 11.2 Å². The topological polar surface area (TPSA) is 52.6 Å². The van der Waals surface area contributed by atoms with Gasteiger partial charge in [-0.15, -0.1) is 6.58 Å². The summed E-state index contributed by atoms with van der Waals surface area (Å²) in [4.78, 5) is 21.3. The van der Waals surface area contributed by atoms with E-state index in [1.165, 1.54) is 0 Å². The zero-order chi connectivity index (χ0) is 23.1. The second-order valence-electron chi connectivity index (χ2n) is 8.59. The fourth-order valence-corrected chi connectivity index (χ4v) is 0.709. The first-order chi connectivity index (χ1) is 11.8. The number of hydrogen-bond donors (Lipinski definition) is 0. The largest absolute Gasteiger partial charge is 0.457 e. The molecule has 0 saturated heterocycles. The highest BCUT2D eigenvalue weighted by molar-refractivity contribution is 5.87. The van der Waals surface area contributed by atoms with Crippen LogP contribution in [-0.4, -0.2) is 23.1 Å². The number of ether oxygens (including phenoxy) is 2. The van der Waals surface area contributed by atoms with Crippen molar-refractivity contribution in [3.05, 3.63) is 37.5 Å². The molecule has 0 N–H and O–H groups in total. The third-order valence-corrected chi connectivity index (χ3v) is 1.93. The Morgan fingerprint density at radius 2 is 1.07 bits per heavy atom. The van der Waals surface area contributed by atoms with Crippen LogP contribution >= 0.6 is 0 Å². The van der Waals surface area contributed by atoms with Gasteiger partial charge in [0.05, 0.1) is 0 Å². The van der Waals surface area contributed by atoms with E-state index in [-0.39, 0.29) is 19.4 Å². The average molecular weight is 401 g/mol. The molecule has 0 atom stereocenters. The Bertz CT molecular complexity index is 452. The minimum atomic E-state index is -0.407. The van der Waals surface area contributed by atoms with Crippen molar-refractivity contribution in [3.8, 4) is 0 Å². The predicted octanol–water partition coefficient (Wildman–Crippen LogP) is 7.30. The molecule has 0 aliphatic carbocycles. The van der Waals surface area contributed by atoms with E-state index in [1.54, 1.807) is 6.92 Å². The van der Waals surface area contributed by atoms with Gasteiger partial charge in [0, 0.05) is 11.6 Å². The second kappa shape index (κ2) is 17.3. The normalized spacial score (nSPS) is 9.86. The molecular weight excluding hydrogens is 352 g/mol. The van der Waals surface area contributed by atoms with Gasteiger partial charge in [0.25, 0.3) is 0 Å². The molecule has 0 amide bonds. The maximum atomic E-state index is 10.8. The molecular formula is C24H48O4. The Morgan fingerprint density at radius 3 is 1.14 bits per heavy atom. The molecule has 4 nitrogen and oxygen atoms in total. The van der Waals surface area contributed by atoms with E-state index in [0.29, 0.717) is 11.0 Å². The van der Waals surface area contributed by atoms with Crippen LogP contribution in [0, 0.1) is 5.41 Å². The number of hydrogen-bond acceptors (Lipinski definition) is 4. The van der Waals surface area contributed by atoms with Crippen LogP contribution in [-0.2, 0) is 19.1 Å². The Hall–Kier alpha value is -1.84. The van der Waals surface area contributed by atoms with E-state index in [9.17, 15) is 9.59 Å². The second-order valence-corrected chi connectivity index (χ2v) is 8.59. The molecule has 0 aromatic rings. The van der Waals surface area contributed by atoms with Crippen LogP contribution in [0.15, 0.2) is 37.5 Å².